The molecule has 1 aromatic carbocycles. The fourth-order valence-electron chi connectivity index (χ4n) is 2.77. The SMILES string of the molecule is CCOC(=O)c1cn(-c2ccc(NCCCO)nc2)c2ccccc2c1=O. The first-order valence-corrected chi connectivity index (χ1v) is 8.78. The third-order valence-corrected chi connectivity index (χ3v) is 4.07. The second-order valence-electron chi connectivity index (χ2n) is 5.89. The summed E-state index contributed by atoms with van der Waals surface area (Å²) in [5.74, 6) is 0.0421. The van der Waals surface area contributed by atoms with E-state index in [0.29, 0.717) is 35.4 Å². The number of fused-ring (bicyclic) bond motifs is 1. The van der Waals surface area contributed by atoms with Crippen LogP contribution < -0.4 is 10.7 Å². The molecule has 7 heteroatoms. The molecule has 2 N–H and O–H groups in total. The number of nitrogens with one attached hydrogen (secondary N) is 1. The van der Waals surface area contributed by atoms with E-state index in [-0.39, 0.29) is 24.2 Å². The van der Waals surface area contributed by atoms with Crippen molar-refractivity contribution in [2.24, 2.45) is 0 Å². The maximum atomic E-state index is 12.7. The number of carbonyl (C=O) groups is 1. The summed E-state index contributed by atoms with van der Waals surface area (Å²) in [6, 6.07) is 10.8. The number of esters is 1. The average Bonchev–Trinajstić information content (AvgIpc) is 2.69. The molecule has 0 saturated carbocycles. The highest BCUT2D eigenvalue weighted by Crippen LogP contribution is 2.18. The molecular formula is C20H21N3O4. The van der Waals surface area contributed by atoms with Crippen LogP contribution >= 0.6 is 0 Å². The Morgan fingerprint density at radius 1 is 1.26 bits per heavy atom. The van der Waals surface area contributed by atoms with Gasteiger partial charge < -0.3 is 19.7 Å². The highest BCUT2D eigenvalue weighted by Gasteiger charge is 2.17. The van der Waals surface area contributed by atoms with Gasteiger partial charge in [0.1, 0.15) is 11.4 Å². The maximum Gasteiger partial charge on any atom is 0.343 e. The molecule has 0 fully saturated rings. The van der Waals surface area contributed by atoms with Crippen LogP contribution in [0.4, 0.5) is 5.82 Å². The van der Waals surface area contributed by atoms with Gasteiger partial charge in [-0.2, -0.15) is 0 Å². The number of anilines is 1. The van der Waals surface area contributed by atoms with Gasteiger partial charge in [0, 0.05) is 24.7 Å². The van der Waals surface area contributed by atoms with Crippen LogP contribution in [-0.4, -0.2) is 40.4 Å². The van der Waals surface area contributed by atoms with Gasteiger partial charge in [0.25, 0.3) is 0 Å². The second-order valence-corrected chi connectivity index (χ2v) is 5.89. The third-order valence-electron chi connectivity index (χ3n) is 4.07. The minimum Gasteiger partial charge on any atom is -0.462 e. The van der Waals surface area contributed by atoms with Crippen LogP contribution in [0.15, 0.2) is 53.6 Å². The van der Waals surface area contributed by atoms with Crippen molar-refractivity contribution in [3.63, 3.8) is 0 Å². The number of ether oxygens (including phenoxy) is 1. The zero-order valence-electron chi connectivity index (χ0n) is 15.0. The van der Waals surface area contributed by atoms with Crippen molar-refractivity contribution in [3.05, 3.63) is 64.6 Å². The smallest absolute Gasteiger partial charge is 0.343 e. The van der Waals surface area contributed by atoms with E-state index in [4.69, 9.17) is 9.84 Å². The van der Waals surface area contributed by atoms with E-state index in [2.05, 4.69) is 10.3 Å². The first-order valence-electron chi connectivity index (χ1n) is 8.78. The number of hydrogen-bond acceptors (Lipinski definition) is 6. The summed E-state index contributed by atoms with van der Waals surface area (Å²) in [6.07, 6.45) is 3.79. The number of hydrogen-bond donors (Lipinski definition) is 2. The van der Waals surface area contributed by atoms with Crippen molar-refractivity contribution < 1.29 is 14.6 Å². The van der Waals surface area contributed by atoms with Gasteiger partial charge in [0.15, 0.2) is 0 Å². The molecule has 0 radical (unpaired) electrons. The molecule has 7 nitrogen and oxygen atoms in total. The van der Waals surface area contributed by atoms with E-state index in [1.165, 1.54) is 6.20 Å². The lowest BCUT2D eigenvalue weighted by atomic mass is 10.1. The molecule has 2 aromatic heterocycles. The Balaban J connectivity index is 2.06. The summed E-state index contributed by atoms with van der Waals surface area (Å²) in [5, 5.41) is 12.4. The molecule has 27 heavy (non-hydrogen) atoms. The minimum absolute atomic E-state index is 0.0132. The van der Waals surface area contributed by atoms with Crippen LogP contribution in [0.25, 0.3) is 16.6 Å². The number of nitrogens with zero attached hydrogens (tertiary/aromatic N) is 2. The summed E-state index contributed by atoms with van der Waals surface area (Å²) in [5.41, 5.74) is 1.03. The number of aliphatic hydroxyl groups is 1. The predicted molar refractivity (Wildman–Crippen MR) is 103 cm³/mol. The normalized spacial score (nSPS) is 10.7. The molecule has 0 aliphatic carbocycles. The highest BCUT2D eigenvalue weighted by molar-refractivity contribution is 5.94. The van der Waals surface area contributed by atoms with Crippen molar-refractivity contribution in [2.45, 2.75) is 13.3 Å². The molecule has 0 unspecified atom stereocenters. The summed E-state index contributed by atoms with van der Waals surface area (Å²) in [6.45, 7) is 2.63. The van der Waals surface area contributed by atoms with E-state index in [1.807, 2.05) is 24.3 Å². The van der Waals surface area contributed by atoms with Crippen LogP contribution in [0, 0.1) is 0 Å². The van der Waals surface area contributed by atoms with Crippen molar-refractivity contribution in [2.75, 3.05) is 25.1 Å². The number of benzene rings is 1. The topological polar surface area (TPSA) is 93.4 Å². The first-order chi connectivity index (χ1) is 13.2. The third kappa shape index (κ3) is 3.98. The average molecular weight is 367 g/mol. The Morgan fingerprint density at radius 2 is 2.07 bits per heavy atom. The van der Waals surface area contributed by atoms with Crippen LogP contribution in [-0.2, 0) is 4.74 Å². The quantitative estimate of drug-likeness (QED) is 0.492. The molecule has 2 heterocycles. The minimum atomic E-state index is -0.641. The standard InChI is InChI=1S/C20H21N3O4/c1-2-27-20(26)16-13-23(17-7-4-3-6-15(17)19(16)25)14-8-9-18(22-12-14)21-10-5-11-24/h3-4,6-9,12-13,24H,2,5,10-11H2,1H3,(H,21,22). The Hall–Kier alpha value is -3.19. The molecule has 0 aliphatic heterocycles. The largest absolute Gasteiger partial charge is 0.462 e. The van der Waals surface area contributed by atoms with Gasteiger partial charge >= 0.3 is 5.97 Å². The fourth-order valence-corrected chi connectivity index (χ4v) is 2.77. The maximum absolute atomic E-state index is 12.7. The lowest BCUT2D eigenvalue weighted by molar-refractivity contribution is 0.0524. The second kappa shape index (κ2) is 8.46. The predicted octanol–water partition coefficient (Wildman–Crippen LogP) is 2.36. The number of aliphatic hydroxyl groups excluding tert-OH is 1. The summed E-state index contributed by atoms with van der Waals surface area (Å²) < 4.78 is 6.78. The van der Waals surface area contributed by atoms with Crippen molar-refractivity contribution in [1.29, 1.82) is 0 Å². The summed E-state index contributed by atoms with van der Waals surface area (Å²) in [7, 11) is 0. The summed E-state index contributed by atoms with van der Waals surface area (Å²) >= 11 is 0. The van der Waals surface area contributed by atoms with E-state index in [1.54, 1.807) is 29.8 Å². The molecule has 140 valence electrons. The van der Waals surface area contributed by atoms with Crippen molar-refractivity contribution in [1.82, 2.24) is 9.55 Å². The van der Waals surface area contributed by atoms with E-state index < -0.39 is 5.97 Å². The van der Waals surface area contributed by atoms with Crippen molar-refractivity contribution in [3.8, 4) is 5.69 Å². The molecule has 3 rings (SSSR count). The zero-order chi connectivity index (χ0) is 19.2. The summed E-state index contributed by atoms with van der Waals surface area (Å²) in [4.78, 5) is 29.2. The van der Waals surface area contributed by atoms with Gasteiger partial charge in [-0.3, -0.25) is 4.79 Å². The Bertz CT molecular complexity index is 996. The Morgan fingerprint density at radius 3 is 2.78 bits per heavy atom. The molecule has 0 aliphatic rings. The van der Waals surface area contributed by atoms with Gasteiger partial charge in [-0.05, 0) is 37.6 Å². The van der Waals surface area contributed by atoms with E-state index >= 15 is 0 Å². The van der Waals surface area contributed by atoms with E-state index in [9.17, 15) is 9.59 Å². The monoisotopic (exact) mass is 367 g/mol. The van der Waals surface area contributed by atoms with Gasteiger partial charge in [-0.15, -0.1) is 0 Å². The number of aromatic nitrogens is 2. The number of para-hydroxylation sites is 1. The van der Waals surface area contributed by atoms with Crippen LogP contribution in [0.1, 0.15) is 23.7 Å². The zero-order valence-corrected chi connectivity index (χ0v) is 15.0. The van der Waals surface area contributed by atoms with Gasteiger partial charge in [0.05, 0.1) is 24.0 Å². The molecular weight excluding hydrogens is 346 g/mol. The van der Waals surface area contributed by atoms with Crippen LogP contribution in [0.5, 0.6) is 0 Å². The number of carbonyl (C=O) groups excluding carboxylic acids is 1. The van der Waals surface area contributed by atoms with Gasteiger partial charge in [-0.25, -0.2) is 9.78 Å². The molecule has 0 saturated heterocycles. The number of pyridine rings is 2. The molecule has 0 spiro atoms. The Kier molecular flexibility index (Phi) is 5.83. The first kappa shape index (κ1) is 18.6. The van der Waals surface area contributed by atoms with Crippen LogP contribution in [0.3, 0.4) is 0 Å². The lowest BCUT2D eigenvalue weighted by Crippen LogP contribution is -2.20. The van der Waals surface area contributed by atoms with Gasteiger partial charge in [-0.1, -0.05) is 12.1 Å². The van der Waals surface area contributed by atoms with Crippen LogP contribution in [0.2, 0.25) is 0 Å². The van der Waals surface area contributed by atoms with Gasteiger partial charge in [0.2, 0.25) is 5.43 Å². The number of rotatable bonds is 7. The molecule has 3 aromatic rings. The highest BCUT2D eigenvalue weighted by atomic mass is 16.5. The van der Waals surface area contributed by atoms with Crippen molar-refractivity contribution >= 4 is 22.7 Å². The molecule has 0 atom stereocenters. The molecule has 0 bridgehead atoms. The Labute approximate surface area is 156 Å². The molecule has 0 amide bonds. The lowest BCUT2D eigenvalue weighted by Gasteiger charge is -2.13. The van der Waals surface area contributed by atoms with E-state index in [0.717, 1.165) is 0 Å². The fraction of sp³-hybridized carbons (Fsp3) is 0.250.